The molecule has 2 heterocycles. The number of imidazole rings is 2. The van der Waals surface area contributed by atoms with E-state index in [-0.39, 0.29) is 11.8 Å². The van der Waals surface area contributed by atoms with E-state index in [1.54, 1.807) is 42.0 Å². The molecule has 62 heavy (non-hydrogen) atoms. The maximum Gasteiger partial charge on any atom is 0.410 e. The second-order valence-corrected chi connectivity index (χ2v) is 20.8. The number of ether oxygens (including phenoxy) is 2. The maximum atomic E-state index is 14.0. The molecule has 4 atom stereocenters. The van der Waals surface area contributed by atoms with Crippen LogP contribution in [0.3, 0.4) is 0 Å². The van der Waals surface area contributed by atoms with Gasteiger partial charge in [0.2, 0.25) is 0 Å². The number of rotatable bonds is 13. The predicted molar refractivity (Wildman–Crippen MR) is 240 cm³/mol. The van der Waals surface area contributed by atoms with Crippen LogP contribution in [0.25, 0.3) is 33.6 Å². The second-order valence-electron chi connectivity index (χ2n) is 20.8. The van der Waals surface area contributed by atoms with Crippen molar-refractivity contribution < 1.29 is 28.7 Å². The maximum absolute atomic E-state index is 14.0. The van der Waals surface area contributed by atoms with Gasteiger partial charge in [-0.05, 0) is 61.5 Å². The lowest BCUT2D eigenvalue weighted by Crippen LogP contribution is -2.56. The number of H-pyrrole nitrogens is 2. The molecule has 4 amide bonds. The molecule has 2 aliphatic carbocycles. The Balaban J connectivity index is 1.15. The van der Waals surface area contributed by atoms with Crippen molar-refractivity contribution in [2.75, 3.05) is 28.2 Å². The number of nitrogens with zero attached hydrogens (tertiary/aromatic N) is 4. The molecular weight excluding hydrogens is 785 g/mol. The fraction of sp³-hybridized carbons (Fsp3) is 0.542. The van der Waals surface area contributed by atoms with Crippen LogP contribution in [0.15, 0.2) is 60.9 Å². The number of carbonyl (C=O) groups is 4. The number of hydrogen-bond donors (Lipinski definition) is 4. The molecule has 0 unspecified atom stereocenters. The number of nitrogens with one attached hydrogen (secondary N) is 4. The summed E-state index contributed by atoms with van der Waals surface area (Å²) in [6, 6.07) is 15.3. The topological polar surface area (TPSA) is 175 Å². The zero-order chi connectivity index (χ0) is 45.8. The number of aromatic nitrogens is 4. The molecule has 6 rings (SSSR count). The van der Waals surface area contributed by atoms with Gasteiger partial charge in [-0.1, -0.05) is 104 Å². The summed E-state index contributed by atoms with van der Waals surface area (Å²) in [5, 5.41) is 6.38. The van der Waals surface area contributed by atoms with Crippen molar-refractivity contribution in [3.63, 3.8) is 0 Å². The molecule has 2 aromatic heterocycles. The first kappa shape index (κ1) is 45.9. The molecule has 2 aromatic carbocycles. The van der Waals surface area contributed by atoms with Gasteiger partial charge in [-0.15, -0.1) is 0 Å². The number of benzene rings is 2. The smallest absolute Gasteiger partial charge is 0.410 e. The Kier molecular flexibility index (Phi) is 12.0. The molecule has 0 bridgehead atoms. The van der Waals surface area contributed by atoms with Crippen molar-refractivity contribution >= 4 is 24.0 Å². The van der Waals surface area contributed by atoms with Crippen LogP contribution in [-0.4, -0.2) is 93.1 Å². The second kappa shape index (κ2) is 16.2. The van der Waals surface area contributed by atoms with Crippen LogP contribution < -0.4 is 10.6 Å². The molecule has 14 nitrogen and oxygen atoms in total. The Hall–Kier alpha value is -5.66. The van der Waals surface area contributed by atoms with Crippen molar-refractivity contribution in [1.29, 1.82) is 0 Å². The zero-order valence-corrected chi connectivity index (χ0v) is 39.0. The van der Waals surface area contributed by atoms with E-state index < -0.39 is 57.1 Å². The third kappa shape index (κ3) is 9.10. The van der Waals surface area contributed by atoms with Gasteiger partial charge in [0.25, 0.3) is 11.8 Å². The van der Waals surface area contributed by atoms with Gasteiger partial charge in [-0.25, -0.2) is 19.6 Å². The fourth-order valence-electron chi connectivity index (χ4n) is 7.61. The van der Waals surface area contributed by atoms with Gasteiger partial charge in [0.15, 0.2) is 11.2 Å². The minimum Gasteiger partial charge on any atom is -0.432 e. The third-order valence-corrected chi connectivity index (χ3v) is 13.2. The monoisotopic (exact) mass is 851 g/mol. The number of aromatic amines is 2. The van der Waals surface area contributed by atoms with Gasteiger partial charge in [0.05, 0.1) is 23.5 Å². The number of amides is 4. The highest BCUT2D eigenvalue weighted by atomic mass is 16.6. The first-order chi connectivity index (χ1) is 28.7. The SMILES string of the molecule is CN(C)C(=O)O[C@@](C)(C(=O)N[C@H](c1nc(-c2ccc(-c3ccc(-c4c[nH]c([C@@H](NC(=O)[C@](C)(OC(=O)N(C)C)C5(C)CC5)C(C)(C)C)n4)cc3)cc2)c[nH]1)C(C)(C)C)C1(C)CC1. The highest BCUT2D eigenvalue weighted by Gasteiger charge is 2.62. The van der Waals surface area contributed by atoms with E-state index in [0.29, 0.717) is 11.6 Å². The van der Waals surface area contributed by atoms with Crippen molar-refractivity contribution in [3.8, 4) is 33.6 Å². The van der Waals surface area contributed by atoms with Crippen molar-refractivity contribution in [3.05, 3.63) is 72.6 Å². The quantitative estimate of drug-likeness (QED) is 0.103. The summed E-state index contributed by atoms with van der Waals surface area (Å²) in [4.78, 5) is 72.6. The summed E-state index contributed by atoms with van der Waals surface area (Å²) in [6.45, 7) is 19.6. The van der Waals surface area contributed by atoms with Gasteiger partial charge in [-0.2, -0.15) is 0 Å². The Morgan fingerprint density at radius 1 is 0.565 bits per heavy atom. The zero-order valence-electron chi connectivity index (χ0n) is 39.0. The van der Waals surface area contributed by atoms with E-state index in [1.807, 2.05) is 92.0 Å². The standard InChI is InChI=1S/C48H66N8O6/c1-43(2,3)35(53-39(57)47(9,45(7)23-24-45)61-41(59)55(11)12)37-49-27-33(51-37)31-19-15-29(16-20-31)30-17-21-32(22-18-30)34-28-50-38(52-34)36(44(4,5)6)54-40(58)48(10,46(8)25-26-46)62-42(60)56(13)14/h15-22,27-28,35-36H,23-26H2,1-14H3,(H,49,51)(H,50,52)(H,53,57)(H,54,58)/t35-,36-,47+,48+/m1/s1. The molecule has 0 spiro atoms. The lowest BCUT2D eigenvalue weighted by Gasteiger charge is -2.38. The predicted octanol–water partition coefficient (Wildman–Crippen LogP) is 9.05. The van der Waals surface area contributed by atoms with Gasteiger partial charge in [-0.3, -0.25) is 9.59 Å². The first-order valence-electron chi connectivity index (χ1n) is 21.5. The molecule has 0 saturated heterocycles. The summed E-state index contributed by atoms with van der Waals surface area (Å²) >= 11 is 0. The van der Waals surface area contributed by atoms with Gasteiger partial charge < -0.3 is 39.9 Å². The van der Waals surface area contributed by atoms with Crippen LogP contribution in [0, 0.1) is 21.7 Å². The lowest BCUT2D eigenvalue weighted by atomic mass is 9.83. The largest absolute Gasteiger partial charge is 0.432 e. The van der Waals surface area contributed by atoms with E-state index in [1.165, 1.54) is 9.80 Å². The van der Waals surface area contributed by atoms with Crippen LogP contribution in [0.5, 0.6) is 0 Å². The molecule has 4 N–H and O–H groups in total. The highest BCUT2D eigenvalue weighted by molar-refractivity contribution is 5.90. The van der Waals surface area contributed by atoms with Crippen molar-refractivity contribution in [2.24, 2.45) is 21.7 Å². The molecule has 2 saturated carbocycles. The van der Waals surface area contributed by atoms with Crippen LogP contribution in [0.2, 0.25) is 0 Å². The Labute approximate surface area is 366 Å². The molecule has 0 radical (unpaired) electrons. The van der Waals surface area contributed by atoms with E-state index in [9.17, 15) is 19.2 Å². The van der Waals surface area contributed by atoms with Crippen LogP contribution in [-0.2, 0) is 19.1 Å². The van der Waals surface area contributed by atoms with E-state index in [2.05, 4.69) is 44.9 Å². The minimum atomic E-state index is -1.35. The first-order valence-corrected chi connectivity index (χ1v) is 21.5. The Morgan fingerprint density at radius 3 is 1.11 bits per heavy atom. The summed E-state index contributed by atoms with van der Waals surface area (Å²) in [5.41, 5.74) is 0.909. The lowest BCUT2D eigenvalue weighted by molar-refractivity contribution is -0.148. The molecular formula is C48H66N8O6. The molecule has 0 aliphatic heterocycles. The van der Waals surface area contributed by atoms with Gasteiger partial charge in [0, 0.05) is 62.5 Å². The van der Waals surface area contributed by atoms with Gasteiger partial charge in [0.1, 0.15) is 11.6 Å². The molecule has 334 valence electrons. The third-order valence-electron chi connectivity index (χ3n) is 13.2. The Morgan fingerprint density at radius 2 is 0.855 bits per heavy atom. The van der Waals surface area contributed by atoms with Crippen LogP contribution >= 0.6 is 0 Å². The molecule has 4 aromatic rings. The molecule has 2 fully saturated rings. The van der Waals surface area contributed by atoms with Crippen LogP contribution in [0.1, 0.15) is 119 Å². The summed E-state index contributed by atoms with van der Waals surface area (Å²) < 4.78 is 11.7. The molecule has 2 aliphatic rings. The normalized spacial score (nSPS) is 18.2. The number of hydrogen-bond acceptors (Lipinski definition) is 8. The average molecular weight is 851 g/mol. The van der Waals surface area contributed by atoms with Crippen molar-refractivity contribution in [2.45, 2.75) is 118 Å². The van der Waals surface area contributed by atoms with E-state index >= 15 is 0 Å². The van der Waals surface area contributed by atoms with Crippen LogP contribution in [0.4, 0.5) is 9.59 Å². The average Bonchev–Trinajstić information content (AvgIpc) is 4.00. The summed E-state index contributed by atoms with van der Waals surface area (Å²) in [7, 11) is 6.42. The Bertz CT molecular complexity index is 2130. The minimum absolute atomic E-state index is 0.348. The number of carbonyl (C=O) groups excluding carboxylic acids is 4. The van der Waals surface area contributed by atoms with Crippen molar-refractivity contribution in [1.82, 2.24) is 40.4 Å². The van der Waals surface area contributed by atoms with Gasteiger partial charge >= 0.3 is 12.2 Å². The highest BCUT2D eigenvalue weighted by Crippen LogP contribution is 2.57. The fourth-order valence-corrected chi connectivity index (χ4v) is 7.61. The summed E-state index contributed by atoms with van der Waals surface area (Å²) in [5.74, 6) is 0.520. The molecule has 14 heteroatoms. The van der Waals surface area contributed by atoms with E-state index in [4.69, 9.17) is 19.4 Å². The summed E-state index contributed by atoms with van der Waals surface area (Å²) in [6.07, 6.45) is 5.72. The van der Waals surface area contributed by atoms with E-state index in [0.717, 1.165) is 59.3 Å².